The number of urea groups is 1. The van der Waals surface area contributed by atoms with Gasteiger partial charge in [-0.2, -0.15) is 0 Å². The molecule has 3 rings (SSSR count). The van der Waals surface area contributed by atoms with Crippen molar-refractivity contribution in [2.75, 3.05) is 6.61 Å². The molecule has 4 heteroatoms. The highest BCUT2D eigenvalue weighted by atomic mass is 16.3. The van der Waals surface area contributed by atoms with E-state index < -0.39 is 0 Å². The molecule has 102 valence electrons. The normalized spacial score (nSPS) is 28.8. The Morgan fingerprint density at radius 2 is 2.26 bits per heavy atom. The van der Waals surface area contributed by atoms with Crippen LogP contribution in [0.2, 0.25) is 0 Å². The highest BCUT2D eigenvalue weighted by Crippen LogP contribution is 2.54. The first-order valence-corrected chi connectivity index (χ1v) is 6.96. The number of aliphatic hydroxyl groups excluding tert-OH is 1. The average molecular weight is 260 g/mol. The van der Waals surface area contributed by atoms with Gasteiger partial charge in [0.15, 0.2) is 0 Å². The van der Waals surface area contributed by atoms with Gasteiger partial charge in [0.05, 0.1) is 12.6 Å². The Morgan fingerprint density at radius 1 is 1.47 bits per heavy atom. The summed E-state index contributed by atoms with van der Waals surface area (Å²) in [7, 11) is 0. The Morgan fingerprint density at radius 3 is 3.05 bits per heavy atom. The first-order valence-electron chi connectivity index (χ1n) is 6.96. The van der Waals surface area contributed by atoms with Gasteiger partial charge in [0, 0.05) is 12.0 Å². The summed E-state index contributed by atoms with van der Waals surface area (Å²) in [5.41, 5.74) is 2.83. The van der Waals surface area contributed by atoms with Crippen molar-refractivity contribution in [3.8, 4) is 0 Å². The number of aliphatic hydroxyl groups is 1. The molecule has 4 atom stereocenters. The molecular formula is C15H20N2O2. The van der Waals surface area contributed by atoms with Crippen LogP contribution in [0, 0.1) is 5.92 Å². The third-order valence-electron chi connectivity index (χ3n) is 4.28. The number of hydrogen-bond acceptors (Lipinski definition) is 2. The fourth-order valence-corrected chi connectivity index (χ4v) is 3.23. The standard InChI is InChI=1S/C15H20N2O2/c1-9(8-18)16-15(19)17-14-12-7-6-10-4-2-3-5-11(10)13(12)14/h2-5,9,12-14,18H,6-8H2,1H3,(H2,16,17,19)/t9-,12?,13?,14?/m0/s1. The minimum absolute atomic E-state index is 0.0340. The highest BCUT2D eigenvalue weighted by Gasteiger charge is 2.53. The van der Waals surface area contributed by atoms with Crippen LogP contribution < -0.4 is 10.6 Å². The molecule has 2 aliphatic carbocycles. The van der Waals surface area contributed by atoms with Crippen LogP contribution >= 0.6 is 0 Å². The zero-order chi connectivity index (χ0) is 13.4. The van der Waals surface area contributed by atoms with Crippen molar-refractivity contribution >= 4 is 6.03 Å². The Kier molecular flexibility index (Phi) is 3.19. The van der Waals surface area contributed by atoms with E-state index in [0.29, 0.717) is 11.8 Å². The molecule has 2 amide bonds. The second-order valence-electron chi connectivity index (χ2n) is 5.65. The lowest BCUT2D eigenvalue weighted by atomic mass is 9.92. The quantitative estimate of drug-likeness (QED) is 0.769. The van der Waals surface area contributed by atoms with Gasteiger partial charge in [-0.3, -0.25) is 0 Å². The average Bonchev–Trinajstić information content (AvgIpc) is 3.12. The summed E-state index contributed by atoms with van der Waals surface area (Å²) in [6.07, 6.45) is 2.27. The van der Waals surface area contributed by atoms with Crippen molar-refractivity contribution in [3.63, 3.8) is 0 Å². The predicted octanol–water partition coefficient (Wildman–Crippen LogP) is 1.39. The third-order valence-corrected chi connectivity index (χ3v) is 4.28. The number of benzene rings is 1. The maximum absolute atomic E-state index is 11.8. The molecule has 0 saturated heterocycles. The fraction of sp³-hybridized carbons (Fsp3) is 0.533. The number of amides is 2. The molecule has 1 aromatic rings. The molecule has 4 nitrogen and oxygen atoms in total. The van der Waals surface area contributed by atoms with E-state index in [0.717, 1.165) is 12.8 Å². The van der Waals surface area contributed by atoms with Gasteiger partial charge in [-0.15, -0.1) is 0 Å². The van der Waals surface area contributed by atoms with E-state index in [1.807, 2.05) is 0 Å². The van der Waals surface area contributed by atoms with Crippen LogP contribution in [0.15, 0.2) is 24.3 Å². The van der Waals surface area contributed by atoms with Crippen molar-refractivity contribution in [1.82, 2.24) is 10.6 Å². The number of nitrogens with one attached hydrogen (secondary N) is 2. The van der Waals surface area contributed by atoms with Gasteiger partial charge in [-0.05, 0) is 36.8 Å². The van der Waals surface area contributed by atoms with Crippen LogP contribution in [-0.4, -0.2) is 29.8 Å². The van der Waals surface area contributed by atoms with Gasteiger partial charge in [0.2, 0.25) is 0 Å². The minimum atomic E-state index is -0.201. The first kappa shape index (κ1) is 12.5. The highest BCUT2D eigenvalue weighted by molar-refractivity contribution is 5.75. The summed E-state index contributed by atoms with van der Waals surface area (Å²) in [5.74, 6) is 1.07. The van der Waals surface area contributed by atoms with Gasteiger partial charge >= 0.3 is 6.03 Å². The van der Waals surface area contributed by atoms with Gasteiger partial charge in [-0.25, -0.2) is 4.79 Å². The molecule has 0 spiro atoms. The monoisotopic (exact) mass is 260 g/mol. The SMILES string of the molecule is C[C@@H](CO)NC(=O)NC1C2CCc3ccccc3C21. The number of hydrogen-bond donors (Lipinski definition) is 3. The molecule has 0 aromatic heterocycles. The lowest BCUT2D eigenvalue weighted by molar-refractivity contribution is 0.219. The molecule has 0 aliphatic heterocycles. The summed E-state index contributed by atoms with van der Waals surface area (Å²) in [6.45, 7) is 1.75. The smallest absolute Gasteiger partial charge is 0.315 e. The molecule has 0 radical (unpaired) electrons. The van der Waals surface area contributed by atoms with Gasteiger partial charge in [-0.1, -0.05) is 24.3 Å². The Bertz CT molecular complexity index is 489. The maximum Gasteiger partial charge on any atom is 0.315 e. The first-order chi connectivity index (χ1) is 9.20. The molecule has 0 heterocycles. The summed E-state index contributed by atoms with van der Waals surface area (Å²) < 4.78 is 0. The van der Waals surface area contributed by atoms with Crippen LogP contribution in [0.4, 0.5) is 4.79 Å². The van der Waals surface area contributed by atoms with Gasteiger partial charge in [0.25, 0.3) is 0 Å². The summed E-state index contributed by atoms with van der Waals surface area (Å²) in [4.78, 5) is 11.8. The molecule has 1 aromatic carbocycles. The van der Waals surface area contributed by atoms with Crippen molar-refractivity contribution in [1.29, 1.82) is 0 Å². The number of fused-ring (bicyclic) bond motifs is 3. The number of rotatable bonds is 3. The van der Waals surface area contributed by atoms with Gasteiger partial charge < -0.3 is 15.7 Å². The largest absolute Gasteiger partial charge is 0.394 e. The predicted molar refractivity (Wildman–Crippen MR) is 73.0 cm³/mol. The van der Waals surface area contributed by atoms with Crippen LogP contribution in [0.3, 0.4) is 0 Å². The molecule has 0 bridgehead atoms. The summed E-state index contributed by atoms with van der Waals surface area (Å²) in [6, 6.07) is 8.42. The molecule has 1 saturated carbocycles. The second-order valence-corrected chi connectivity index (χ2v) is 5.65. The lowest BCUT2D eigenvalue weighted by Gasteiger charge is -2.13. The van der Waals surface area contributed by atoms with Crippen molar-refractivity contribution in [2.24, 2.45) is 5.92 Å². The maximum atomic E-state index is 11.8. The van der Waals surface area contributed by atoms with Crippen LogP contribution in [-0.2, 0) is 6.42 Å². The van der Waals surface area contributed by atoms with E-state index in [1.165, 1.54) is 11.1 Å². The fourth-order valence-electron chi connectivity index (χ4n) is 3.23. The van der Waals surface area contributed by atoms with E-state index in [2.05, 4.69) is 34.9 Å². The number of aryl methyl sites for hydroxylation is 1. The molecule has 19 heavy (non-hydrogen) atoms. The Balaban J connectivity index is 1.63. The molecule has 3 unspecified atom stereocenters. The van der Waals surface area contributed by atoms with Crippen LogP contribution in [0.5, 0.6) is 0 Å². The van der Waals surface area contributed by atoms with Crippen molar-refractivity contribution in [2.45, 2.75) is 37.8 Å². The summed E-state index contributed by atoms with van der Waals surface area (Å²) >= 11 is 0. The molecule has 1 fully saturated rings. The van der Waals surface area contributed by atoms with E-state index in [9.17, 15) is 4.79 Å². The van der Waals surface area contributed by atoms with E-state index >= 15 is 0 Å². The van der Waals surface area contributed by atoms with Crippen molar-refractivity contribution in [3.05, 3.63) is 35.4 Å². The lowest BCUT2D eigenvalue weighted by Crippen LogP contribution is -2.43. The van der Waals surface area contributed by atoms with Crippen LogP contribution in [0.1, 0.15) is 30.4 Å². The Labute approximate surface area is 113 Å². The number of carbonyl (C=O) groups is 1. The van der Waals surface area contributed by atoms with E-state index in [4.69, 9.17) is 5.11 Å². The third kappa shape index (κ3) is 2.32. The van der Waals surface area contributed by atoms with Gasteiger partial charge in [0.1, 0.15) is 0 Å². The molecule has 2 aliphatic rings. The van der Waals surface area contributed by atoms with Crippen LogP contribution in [0.25, 0.3) is 0 Å². The van der Waals surface area contributed by atoms with E-state index in [-0.39, 0.29) is 24.7 Å². The summed E-state index contributed by atoms with van der Waals surface area (Å²) in [5, 5.41) is 14.7. The molecular weight excluding hydrogens is 240 g/mol. The molecule has 3 N–H and O–H groups in total. The zero-order valence-electron chi connectivity index (χ0n) is 11.1. The number of carbonyl (C=O) groups excluding carboxylic acids is 1. The minimum Gasteiger partial charge on any atom is -0.394 e. The Hall–Kier alpha value is -1.55. The topological polar surface area (TPSA) is 61.4 Å². The van der Waals surface area contributed by atoms with Crippen molar-refractivity contribution < 1.29 is 9.90 Å². The van der Waals surface area contributed by atoms with E-state index in [1.54, 1.807) is 6.92 Å². The second kappa shape index (κ2) is 4.85. The zero-order valence-corrected chi connectivity index (χ0v) is 11.1.